The quantitative estimate of drug-likeness (QED) is 0.546. The third-order valence-corrected chi connectivity index (χ3v) is 2.46. The highest BCUT2D eigenvalue weighted by Crippen LogP contribution is 2.27. The zero-order valence-corrected chi connectivity index (χ0v) is 11.3. The van der Waals surface area contributed by atoms with Gasteiger partial charge in [-0.2, -0.15) is 0 Å². The van der Waals surface area contributed by atoms with E-state index in [2.05, 4.69) is 16.7 Å². The molecule has 4 heteroatoms. The lowest BCUT2D eigenvalue weighted by atomic mass is 10.0. The predicted molar refractivity (Wildman–Crippen MR) is 78.0 cm³/mol. The summed E-state index contributed by atoms with van der Waals surface area (Å²) in [7, 11) is 0. The van der Waals surface area contributed by atoms with Gasteiger partial charge < -0.3 is 4.74 Å². The first-order chi connectivity index (χ1) is 9.15. The lowest BCUT2D eigenvalue weighted by molar-refractivity contribution is 0.322. The Morgan fingerprint density at radius 1 is 1.42 bits per heavy atom. The molecule has 3 nitrogen and oxygen atoms in total. The van der Waals surface area contributed by atoms with Gasteiger partial charge in [-0.3, -0.25) is 9.98 Å². The van der Waals surface area contributed by atoms with E-state index < -0.39 is 0 Å². The Kier molecular flexibility index (Phi) is 6.50. The van der Waals surface area contributed by atoms with Gasteiger partial charge in [-0.05, 0) is 30.3 Å². The number of ether oxygens (including phenoxy) is 1. The second-order valence-corrected chi connectivity index (χ2v) is 4.26. The number of nitrogens with zero attached hydrogens (tertiary/aromatic N) is 2. The molecule has 102 valence electrons. The maximum absolute atomic E-state index is 13.2. The van der Waals surface area contributed by atoms with Crippen molar-refractivity contribution in [2.45, 2.75) is 19.8 Å². The molecule has 0 atom stereocenters. The average molecular weight is 262 g/mol. The molecule has 0 amide bonds. The summed E-state index contributed by atoms with van der Waals surface area (Å²) in [6.07, 6.45) is 4.87. The van der Waals surface area contributed by atoms with Crippen molar-refractivity contribution in [1.29, 1.82) is 0 Å². The van der Waals surface area contributed by atoms with Crippen molar-refractivity contribution >= 4 is 12.9 Å². The van der Waals surface area contributed by atoms with E-state index in [1.807, 2.05) is 13.8 Å². The number of benzene rings is 1. The number of aliphatic imine (C=N–C) groups is 2. The number of allylic oxidation sites excluding steroid dienone is 1. The van der Waals surface area contributed by atoms with Crippen LogP contribution in [0.2, 0.25) is 0 Å². The summed E-state index contributed by atoms with van der Waals surface area (Å²) >= 11 is 0. The fraction of sp³-hybridized carbons (Fsp3) is 0.333. The first kappa shape index (κ1) is 15.1. The second-order valence-electron chi connectivity index (χ2n) is 4.26. The number of hydrogen-bond acceptors (Lipinski definition) is 3. The van der Waals surface area contributed by atoms with Crippen LogP contribution in [-0.4, -0.2) is 26.1 Å². The van der Waals surface area contributed by atoms with E-state index in [0.717, 1.165) is 5.56 Å². The minimum absolute atomic E-state index is 0.289. The molecule has 1 rings (SSSR count). The molecule has 0 aromatic heterocycles. The summed E-state index contributed by atoms with van der Waals surface area (Å²) in [5.74, 6) is 0.595. The monoisotopic (exact) mass is 262 g/mol. The summed E-state index contributed by atoms with van der Waals surface area (Å²) in [5, 5.41) is 0. The Labute approximate surface area is 113 Å². The molecule has 0 N–H and O–H groups in total. The van der Waals surface area contributed by atoms with Gasteiger partial charge >= 0.3 is 0 Å². The second kappa shape index (κ2) is 8.19. The van der Waals surface area contributed by atoms with Gasteiger partial charge in [0.1, 0.15) is 18.2 Å². The fourth-order valence-corrected chi connectivity index (χ4v) is 1.55. The van der Waals surface area contributed by atoms with E-state index in [0.29, 0.717) is 24.8 Å². The molecule has 1 aromatic rings. The summed E-state index contributed by atoms with van der Waals surface area (Å²) in [6.45, 7) is 8.33. The molecule has 0 bridgehead atoms. The van der Waals surface area contributed by atoms with Crippen LogP contribution in [0.4, 0.5) is 4.39 Å². The van der Waals surface area contributed by atoms with Gasteiger partial charge in [-0.25, -0.2) is 4.39 Å². The molecule has 1 aromatic carbocycles. The first-order valence-corrected chi connectivity index (χ1v) is 6.18. The average Bonchev–Trinajstić information content (AvgIpc) is 2.37. The maximum Gasteiger partial charge on any atom is 0.126 e. The van der Waals surface area contributed by atoms with Crippen molar-refractivity contribution in [3.8, 4) is 5.75 Å². The molecule has 19 heavy (non-hydrogen) atoms. The topological polar surface area (TPSA) is 34.0 Å². The highest BCUT2D eigenvalue weighted by Gasteiger charge is 2.08. The van der Waals surface area contributed by atoms with Gasteiger partial charge in [0.05, 0.1) is 6.54 Å². The van der Waals surface area contributed by atoms with E-state index in [1.165, 1.54) is 12.1 Å². The first-order valence-electron chi connectivity index (χ1n) is 6.18. The molecule has 0 unspecified atom stereocenters. The molecule has 0 heterocycles. The van der Waals surface area contributed by atoms with Crippen LogP contribution in [0.15, 0.2) is 40.5 Å². The van der Waals surface area contributed by atoms with Crippen molar-refractivity contribution in [3.63, 3.8) is 0 Å². The zero-order chi connectivity index (χ0) is 14.1. The minimum atomic E-state index is -0.289. The highest BCUT2D eigenvalue weighted by molar-refractivity contribution is 5.70. The summed E-state index contributed by atoms with van der Waals surface area (Å²) < 4.78 is 18.8. The van der Waals surface area contributed by atoms with Crippen LogP contribution >= 0.6 is 0 Å². The minimum Gasteiger partial charge on any atom is -0.491 e. The molecule has 0 radical (unpaired) electrons. The van der Waals surface area contributed by atoms with E-state index in [4.69, 9.17) is 4.74 Å². The molecule has 0 saturated heterocycles. The van der Waals surface area contributed by atoms with E-state index in [-0.39, 0.29) is 5.82 Å². The van der Waals surface area contributed by atoms with Crippen molar-refractivity contribution < 1.29 is 9.13 Å². The van der Waals surface area contributed by atoms with Crippen LogP contribution in [0.1, 0.15) is 25.3 Å². The number of rotatable bonds is 7. The van der Waals surface area contributed by atoms with Crippen molar-refractivity contribution in [2.75, 3.05) is 13.2 Å². The number of halogens is 1. The van der Waals surface area contributed by atoms with Crippen LogP contribution in [0, 0.1) is 5.82 Å². The Hall–Kier alpha value is -1.97. The van der Waals surface area contributed by atoms with Gasteiger partial charge in [0.25, 0.3) is 0 Å². The zero-order valence-electron chi connectivity index (χ0n) is 11.3. The van der Waals surface area contributed by atoms with Gasteiger partial charge in [-0.15, -0.1) is 0 Å². The Morgan fingerprint density at radius 3 is 2.89 bits per heavy atom. The van der Waals surface area contributed by atoms with Crippen molar-refractivity contribution in [3.05, 3.63) is 41.9 Å². The van der Waals surface area contributed by atoms with Gasteiger partial charge in [0, 0.05) is 18.5 Å². The molecule has 0 saturated carbocycles. The van der Waals surface area contributed by atoms with Gasteiger partial charge in [-0.1, -0.05) is 19.9 Å². The van der Waals surface area contributed by atoms with Crippen LogP contribution < -0.4 is 4.74 Å². The van der Waals surface area contributed by atoms with Crippen LogP contribution in [-0.2, 0) is 0 Å². The molecule has 0 aliphatic heterocycles. The maximum atomic E-state index is 13.2. The summed E-state index contributed by atoms with van der Waals surface area (Å²) in [4.78, 5) is 7.65. The molecule has 0 spiro atoms. The normalized spacial score (nSPS) is 11.6. The largest absolute Gasteiger partial charge is 0.491 e. The third-order valence-electron chi connectivity index (χ3n) is 2.46. The van der Waals surface area contributed by atoms with E-state index >= 15 is 0 Å². The van der Waals surface area contributed by atoms with Crippen molar-refractivity contribution in [1.82, 2.24) is 0 Å². The van der Waals surface area contributed by atoms with Crippen LogP contribution in [0.25, 0.3) is 0 Å². The third kappa shape index (κ3) is 5.46. The Morgan fingerprint density at radius 2 is 2.21 bits per heavy atom. The molecular formula is C15H19FN2O. The highest BCUT2D eigenvalue weighted by atomic mass is 19.1. The van der Waals surface area contributed by atoms with Crippen LogP contribution in [0.3, 0.4) is 0 Å². The predicted octanol–water partition coefficient (Wildman–Crippen LogP) is 3.61. The molecule has 0 aliphatic carbocycles. The van der Waals surface area contributed by atoms with Crippen molar-refractivity contribution in [2.24, 2.45) is 9.98 Å². The fourth-order valence-electron chi connectivity index (χ4n) is 1.55. The van der Waals surface area contributed by atoms with E-state index in [1.54, 1.807) is 24.6 Å². The summed E-state index contributed by atoms with van der Waals surface area (Å²) in [6, 6.07) is 4.63. The standard InChI is InChI=1S/C15H19FN2O/c1-12(2)14-6-5-13(16)11-15(14)19-10-9-18-8-4-7-17-3/h4-8,11-12H,3,9-10H2,1-2H3/b7-4-,18-8?. The van der Waals surface area contributed by atoms with E-state index in [9.17, 15) is 4.39 Å². The lowest BCUT2D eigenvalue weighted by Crippen LogP contribution is -2.04. The SMILES string of the molecule is C=N/C=C\C=NCCOc1cc(F)ccc1C(C)C. The lowest BCUT2D eigenvalue weighted by Gasteiger charge is -2.13. The molecule has 0 aliphatic rings. The van der Waals surface area contributed by atoms with Gasteiger partial charge in [0.2, 0.25) is 0 Å². The molecular weight excluding hydrogens is 243 g/mol. The van der Waals surface area contributed by atoms with Crippen LogP contribution in [0.5, 0.6) is 5.75 Å². The Bertz CT molecular complexity index is 467. The smallest absolute Gasteiger partial charge is 0.126 e. The number of hydrogen-bond donors (Lipinski definition) is 0. The molecule has 0 fully saturated rings. The summed E-state index contributed by atoms with van der Waals surface area (Å²) in [5.41, 5.74) is 1.00. The van der Waals surface area contributed by atoms with Gasteiger partial charge in [0.15, 0.2) is 0 Å². The Balaban J connectivity index is 2.52.